The van der Waals surface area contributed by atoms with Crippen molar-refractivity contribution in [2.45, 2.75) is 0 Å². The molecule has 6 heteroatoms. The number of furan rings is 1. The van der Waals surface area contributed by atoms with Gasteiger partial charge >= 0.3 is 0 Å². The second-order valence-corrected chi connectivity index (χ2v) is 7.65. The van der Waals surface area contributed by atoms with Crippen molar-refractivity contribution in [1.29, 1.82) is 0 Å². The molecular weight excluding hydrogens is 368 g/mol. The first kappa shape index (κ1) is 15.4. The quantitative estimate of drug-likeness (QED) is 0.375. The average molecular weight is 382 g/mol. The fraction of sp³-hybridized carbons (Fsp3) is 0. The molecule has 0 amide bonds. The normalized spacial score (nSPS) is 11.6. The van der Waals surface area contributed by atoms with E-state index in [1.807, 2.05) is 30.5 Å². The number of para-hydroxylation sites is 1. The Hall–Kier alpha value is -3.64. The van der Waals surface area contributed by atoms with Gasteiger partial charge in [0.15, 0.2) is 5.82 Å². The van der Waals surface area contributed by atoms with Gasteiger partial charge in [0, 0.05) is 28.2 Å². The first-order valence-electron chi connectivity index (χ1n) is 8.91. The molecule has 0 bridgehead atoms. The third kappa shape index (κ3) is 2.46. The molecule has 0 aliphatic heterocycles. The lowest BCUT2D eigenvalue weighted by Gasteiger charge is -2.06. The van der Waals surface area contributed by atoms with E-state index < -0.39 is 0 Å². The van der Waals surface area contributed by atoms with Crippen LogP contribution in [0.1, 0.15) is 0 Å². The third-order valence-corrected chi connectivity index (χ3v) is 5.94. The zero-order valence-corrected chi connectivity index (χ0v) is 15.5. The summed E-state index contributed by atoms with van der Waals surface area (Å²) in [5.41, 5.74) is 3.90. The molecule has 6 rings (SSSR count). The van der Waals surface area contributed by atoms with E-state index in [0.29, 0.717) is 0 Å². The summed E-state index contributed by atoms with van der Waals surface area (Å²) in [4.78, 5) is 13.2. The number of anilines is 2. The van der Waals surface area contributed by atoms with E-state index in [9.17, 15) is 0 Å². The Labute approximate surface area is 163 Å². The number of aromatic amines is 1. The summed E-state index contributed by atoms with van der Waals surface area (Å²) in [6.07, 6.45) is 3.53. The van der Waals surface area contributed by atoms with Crippen molar-refractivity contribution in [3.05, 3.63) is 73.2 Å². The first-order valence-corrected chi connectivity index (χ1v) is 9.73. The molecule has 28 heavy (non-hydrogen) atoms. The first-order chi connectivity index (χ1) is 13.8. The minimum atomic E-state index is 0.798. The molecule has 0 radical (unpaired) electrons. The van der Waals surface area contributed by atoms with Crippen LogP contribution in [0.5, 0.6) is 0 Å². The molecule has 134 valence electrons. The molecule has 0 atom stereocenters. The highest BCUT2D eigenvalue weighted by Crippen LogP contribution is 2.38. The van der Waals surface area contributed by atoms with Gasteiger partial charge in [-0.1, -0.05) is 18.2 Å². The molecule has 0 unspecified atom stereocenters. The van der Waals surface area contributed by atoms with E-state index in [1.54, 1.807) is 17.7 Å². The topological polar surface area (TPSA) is 66.7 Å². The van der Waals surface area contributed by atoms with E-state index >= 15 is 0 Å². The second-order valence-electron chi connectivity index (χ2n) is 6.60. The molecule has 0 aliphatic rings. The fourth-order valence-corrected chi connectivity index (χ4v) is 4.44. The van der Waals surface area contributed by atoms with E-state index in [0.717, 1.165) is 54.2 Å². The molecule has 4 heterocycles. The number of rotatable bonds is 3. The van der Waals surface area contributed by atoms with Crippen LogP contribution in [0.3, 0.4) is 0 Å². The van der Waals surface area contributed by atoms with Crippen LogP contribution in [-0.2, 0) is 0 Å². The molecule has 4 aromatic heterocycles. The number of nitrogens with zero attached hydrogens (tertiary/aromatic N) is 2. The van der Waals surface area contributed by atoms with Gasteiger partial charge < -0.3 is 14.7 Å². The number of thiophene rings is 1. The number of aromatic nitrogens is 3. The van der Waals surface area contributed by atoms with Gasteiger partial charge in [-0.2, -0.15) is 0 Å². The van der Waals surface area contributed by atoms with E-state index in [2.05, 4.69) is 56.7 Å². The summed E-state index contributed by atoms with van der Waals surface area (Å²) in [5.74, 6) is 1.65. The Bertz CT molecular complexity index is 1430. The summed E-state index contributed by atoms with van der Waals surface area (Å²) in [5, 5.41) is 5.69. The van der Waals surface area contributed by atoms with Crippen LogP contribution in [0.2, 0.25) is 0 Å². The van der Waals surface area contributed by atoms with Gasteiger partial charge in [0.2, 0.25) is 0 Å². The average Bonchev–Trinajstić information content (AvgIpc) is 3.44. The number of benzene rings is 2. The fourth-order valence-electron chi connectivity index (χ4n) is 3.44. The largest absolute Gasteiger partial charge is 0.455 e. The lowest BCUT2D eigenvalue weighted by Crippen LogP contribution is -1.94. The number of hydrogen-bond donors (Lipinski definition) is 2. The number of H-pyrrole nitrogens is 1. The minimum absolute atomic E-state index is 0.798. The van der Waals surface area contributed by atoms with Gasteiger partial charge in [-0.3, -0.25) is 0 Å². The second kappa shape index (κ2) is 5.94. The van der Waals surface area contributed by atoms with Crippen LogP contribution in [0.4, 0.5) is 11.5 Å². The summed E-state index contributed by atoms with van der Waals surface area (Å²) >= 11 is 1.63. The molecule has 0 saturated heterocycles. The minimum Gasteiger partial charge on any atom is -0.455 e. The third-order valence-electron chi connectivity index (χ3n) is 4.80. The predicted octanol–water partition coefficient (Wildman–Crippen LogP) is 6.33. The highest BCUT2D eigenvalue weighted by atomic mass is 32.1. The van der Waals surface area contributed by atoms with Crippen LogP contribution in [0.15, 0.2) is 77.6 Å². The molecule has 0 aliphatic carbocycles. The maximum absolute atomic E-state index is 6.02. The lowest BCUT2D eigenvalue weighted by atomic mass is 10.2. The van der Waals surface area contributed by atoms with E-state index in [-0.39, 0.29) is 0 Å². The molecule has 5 nitrogen and oxygen atoms in total. The Kier molecular flexibility index (Phi) is 3.27. The predicted molar refractivity (Wildman–Crippen MR) is 114 cm³/mol. The Balaban J connectivity index is 1.43. The van der Waals surface area contributed by atoms with Crippen molar-refractivity contribution in [2.75, 3.05) is 5.32 Å². The van der Waals surface area contributed by atoms with Crippen LogP contribution in [0.25, 0.3) is 42.7 Å². The Morgan fingerprint density at radius 1 is 0.929 bits per heavy atom. The van der Waals surface area contributed by atoms with Gasteiger partial charge in [-0.15, -0.1) is 11.3 Å². The van der Waals surface area contributed by atoms with E-state index in [4.69, 9.17) is 4.42 Å². The molecule has 0 saturated carbocycles. The molecule has 0 fully saturated rings. The van der Waals surface area contributed by atoms with Crippen molar-refractivity contribution in [3.63, 3.8) is 0 Å². The summed E-state index contributed by atoms with van der Waals surface area (Å²) in [7, 11) is 0. The van der Waals surface area contributed by atoms with Crippen LogP contribution >= 0.6 is 11.3 Å². The Morgan fingerprint density at radius 2 is 1.89 bits per heavy atom. The maximum atomic E-state index is 6.02. The van der Waals surface area contributed by atoms with Crippen LogP contribution in [0, 0.1) is 0 Å². The van der Waals surface area contributed by atoms with Gasteiger partial charge in [-0.05, 0) is 42.5 Å². The monoisotopic (exact) mass is 382 g/mol. The zero-order valence-electron chi connectivity index (χ0n) is 14.6. The van der Waals surface area contributed by atoms with Crippen molar-refractivity contribution in [1.82, 2.24) is 15.0 Å². The molecule has 0 spiro atoms. The van der Waals surface area contributed by atoms with Crippen molar-refractivity contribution in [2.24, 2.45) is 0 Å². The highest BCUT2D eigenvalue weighted by molar-refractivity contribution is 7.22. The maximum Gasteiger partial charge on any atom is 0.151 e. The number of nitrogens with one attached hydrogen (secondary N) is 2. The van der Waals surface area contributed by atoms with Gasteiger partial charge in [0.25, 0.3) is 0 Å². The van der Waals surface area contributed by atoms with E-state index in [1.165, 1.54) is 0 Å². The zero-order chi connectivity index (χ0) is 18.5. The van der Waals surface area contributed by atoms with Crippen molar-refractivity contribution in [3.8, 4) is 10.6 Å². The molecular formula is C22H14N4OS. The SMILES string of the molecule is c1ccc2oc(-c3cc4ncnc(Nc5ccc6[nH]ccc6c5)c4s3)cc2c1. The van der Waals surface area contributed by atoms with Crippen LogP contribution < -0.4 is 5.32 Å². The molecule has 6 aromatic rings. The smallest absolute Gasteiger partial charge is 0.151 e. The van der Waals surface area contributed by atoms with Crippen molar-refractivity contribution >= 4 is 54.9 Å². The Morgan fingerprint density at radius 3 is 2.86 bits per heavy atom. The molecule has 2 N–H and O–H groups in total. The van der Waals surface area contributed by atoms with Gasteiger partial charge in [0.1, 0.15) is 17.7 Å². The summed E-state index contributed by atoms with van der Waals surface area (Å²) in [6.45, 7) is 0. The van der Waals surface area contributed by atoms with Gasteiger partial charge in [-0.25, -0.2) is 9.97 Å². The van der Waals surface area contributed by atoms with Gasteiger partial charge in [0.05, 0.1) is 15.1 Å². The van der Waals surface area contributed by atoms with Crippen molar-refractivity contribution < 1.29 is 4.42 Å². The lowest BCUT2D eigenvalue weighted by molar-refractivity contribution is 0.633. The summed E-state index contributed by atoms with van der Waals surface area (Å²) < 4.78 is 7.03. The summed E-state index contributed by atoms with van der Waals surface area (Å²) in [6, 6.07) is 20.4. The molecule has 2 aromatic carbocycles. The standard InChI is InChI=1S/C22H14N4OS/c1-2-4-18-14(3-1)10-19(27-18)20-11-17-21(28-20)22(25-12-24-17)26-15-5-6-16-13(9-15)7-8-23-16/h1-12,23H,(H,24,25,26). The number of hydrogen-bond acceptors (Lipinski definition) is 5. The number of fused-ring (bicyclic) bond motifs is 3. The van der Waals surface area contributed by atoms with Crippen LogP contribution in [-0.4, -0.2) is 15.0 Å². The highest BCUT2D eigenvalue weighted by Gasteiger charge is 2.14.